The first-order chi connectivity index (χ1) is 12.3. The van der Waals surface area contributed by atoms with Crippen LogP contribution in [-0.2, 0) is 11.2 Å². The number of para-hydroxylation sites is 1. The molecule has 0 radical (unpaired) electrons. The second-order valence-electron chi connectivity index (χ2n) is 6.19. The SMILES string of the molecule is COc1cccc(CC(O)C2CCN(NC(=O)C(F)(F)F)CC2)c1OC. The van der Waals surface area contributed by atoms with Gasteiger partial charge in [-0.15, -0.1) is 0 Å². The zero-order chi connectivity index (χ0) is 19.3. The minimum atomic E-state index is -4.90. The number of rotatable bonds is 6. The van der Waals surface area contributed by atoms with E-state index in [4.69, 9.17) is 9.47 Å². The average Bonchev–Trinajstić information content (AvgIpc) is 2.61. The quantitative estimate of drug-likeness (QED) is 0.794. The number of carbonyl (C=O) groups excluding carboxylic acids is 1. The number of hydrogen-bond acceptors (Lipinski definition) is 5. The van der Waals surface area contributed by atoms with Gasteiger partial charge in [-0.05, 0) is 24.8 Å². The highest BCUT2D eigenvalue weighted by molar-refractivity contribution is 5.81. The second kappa shape index (κ2) is 8.59. The molecule has 2 N–H and O–H groups in total. The minimum absolute atomic E-state index is 0.0788. The molecule has 1 aromatic rings. The molecule has 0 spiro atoms. The Morgan fingerprint density at radius 2 is 1.96 bits per heavy atom. The van der Waals surface area contributed by atoms with Crippen molar-refractivity contribution in [1.82, 2.24) is 10.4 Å². The fourth-order valence-electron chi connectivity index (χ4n) is 3.11. The minimum Gasteiger partial charge on any atom is -0.493 e. The molecule has 1 aliphatic rings. The number of methoxy groups -OCH3 is 2. The number of benzene rings is 1. The molecule has 1 aliphatic heterocycles. The zero-order valence-electron chi connectivity index (χ0n) is 14.7. The molecular formula is C17H23F3N2O4. The van der Waals surface area contributed by atoms with E-state index in [0.717, 1.165) is 5.56 Å². The van der Waals surface area contributed by atoms with Crippen molar-refractivity contribution in [1.29, 1.82) is 0 Å². The van der Waals surface area contributed by atoms with Gasteiger partial charge in [0, 0.05) is 25.1 Å². The van der Waals surface area contributed by atoms with Gasteiger partial charge in [0.2, 0.25) is 0 Å². The lowest BCUT2D eigenvalue weighted by Gasteiger charge is -2.34. The van der Waals surface area contributed by atoms with Crippen LogP contribution in [0.5, 0.6) is 11.5 Å². The highest BCUT2D eigenvalue weighted by Gasteiger charge is 2.40. The Morgan fingerprint density at radius 3 is 2.50 bits per heavy atom. The van der Waals surface area contributed by atoms with Crippen molar-refractivity contribution in [3.05, 3.63) is 23.8 Å². The molecule has 0 aliphatic carbocycles. The van der Waals surface area contributed by atoms with E-state index in [-0.39, 0.29) is 19.0 Å². The van der Waals surface area contributed by atoms with Crippen LogP contribution in [0.25, 0.3) is 0 Å². The third kappa shape index (κ3) is 5.01. The first-order valence-electron chi connectivity index (χ1n) is 8.27. The summed E-state index contributed by atoms with van der Waals surface area (Å²) in [6.07, 6.45) is -4.27. The summed E-state index contributed by atoms with van der Waals surface area (Å²) in [6.45, 7) is 0.498. The largest absolute Gasteiger partial charge is 0.493 e. The molecule has 0 saturated carbocycles. The molecule has 1 amide bonds. The highest BCUT2D eigenvalue weighted by Crippen LogP contribution is 2.33. The Morgan fingerprint density at radius 1 is 1.31 bits per heavy atom. The first kappa shape index (κ1) is 20.3. The maximum atomic E-state index is 12.3. The number of carbonyl (C=O) groups is 1. The molecule has 2 rings (SSSR count). The number of ether oxygens (including phenoxy) is 2. The summed E-state index contributed by atoms with van der Waals surface area (Å²) in [4.78, 5) is 11.0. The summed E-state index contributed by atoms with van der Waals surface area (Å²) in [6, 6.07) is 5.40. The normalized spacial score (nSPS) is 17.6. The maximum absolute atomic E-state index is 12.3. The number of aliphatic hydroxyl groups excluding tert-OH is 1. The Balaban J connectivity index is 1.91. The number of piperidine rings is 1. The van der Waals surface area contributed by atoms with E-state index in [9.17, 15) is 23.1 Å². The summed E-state index contributed by atoms with van der Waals surface area (Å²) in [7, 11) is 3.05. The van der Waals surface area contributed by atoms with E-state index in [1.807, 2.05) is 11.5 Å². The molecule has 26 heavy (non-hydrogen) atoms. The molecule has 1 aromatic carbocycles. The van der Waals surface area contributed by atoms with Gasteiger partial charge in [-0.3, -0.25) is 10.2 Å². The second-order valence-corrected chi connectivity index (χ2v) is 6.19. The van der Waals surface area contributed by atoms with E-state index in [2.05, 4.69) is 0 Å². The fraction of sp³-hybridized carbons (Fsp3) is 0.588. The van der Waals surface area contributed by atoms with Crippen molar-refractivity contribution < 1.29 is 32.5 Å². The highest BCUT2D eigenvalue weighted by atomic mass is 19.4. The topological polar surface area (TPSA) is 71.0 Å². The summed E-state index contributed by atoms with van der Waals surface area (Å²) in [5.41, 5.74) is 2.65. The molecule has 1 saturated heterocycles. The van der Waals surface area contributed by atoms with Gasteiger partial charge in [0.05, 0.1) is 20.3 Å². The molecule has 0 aromatic heterocycles. The molecule has 146 valence electrons. The average molecular weight is 376 g/mol. The Labute approximate surface area is 149 Å². The predicted molar refractivity (Wildman–Crippen MR) is 87.8 cm³/mol. The number of hydrazine groups is 1. The predicted octanol–water partition coefficient (Wildman–Crippen LogP) is 1.91. The molecule has 1 fully saturated rings. The number of hydrogen-bond donors (Lipinski definition) is 2. The summed E-state index contributed by atoms with van der Waals surface area (Å²) < 4.78 is 47.4. The van der Waals surface area contributed by atoms with Crippen molar-refractivity contribution in [2.45, 2.75) is 31.5 Å². The summed E-state index contributed by atoms with van der Waals surface area (Å²) in [5, 5.41) is 11.8. The lowest BCUT2D eigenvalue weighted by atomic mass is 9.88. The lowest BCUT2D eigenvalue weighted by Crippen LogP contribution is -2.51. The Hall–Kier alpha value is -2.00. The molecule has 1 atom stereocenters. The molecule has 1 unspecified atom stereocenters. The van der Waals surface area contributed by atoms with Crippen LogP contribution in [0.15, 0.2) is 18.2 Å². The standard InChI is InChI=1S/C17H23F3N2O4/c1-25-14-5-3-4-12(15(14)26-2)10-13(23)11-6-8-22(9-7-11)21-16(24)17(18,19)20/h3-5,11,13,23H,6-10H2,1-2H3,(H,21,24). The Kier molecular flexibility index (Phi) is 6.71. The van der Waals surface area contributed by atoms with E-state index in [1.54, 1.807) is 12.1 Å². The van der Waals surface area contributed by atoms with Gasteiger partial charge in [0.25, 0.3) is 0 Å². The van der Waals surface area contributed by atoms with Gasteiger partial charge in [-0.1, -0.05) is 12.1 Å². The van der Waals surface area contributed by atoms with E-state index in [0.29, 0.717) is 30.8 Å². The van der Waals surface area contributed by atoms with Gasteiger partial charge in [-0.25, -0.2) is 5.01 Å². The van der Waals surface area contributed by atoms with Gasteiger partial charge in [0.15, 0.2) is 11.5 Å². The van der Waals surface area contributed by atoms with Crippen LogP contribution in [-0.4, -0.2) is 55.6 Å². The van der Waals surface area contributed by atoms with Crippen LogP contribution < -0.4 is 14.9 Å². The van der Waals surface area contributed by atoms with E-state index >= 15 is 0 Å². The fourth-order valence-corrected chi connectivity index (χ4v) is 3.11. The monoisotopic (exact) mass is 376 g/mol. The molecule has 9 heteroatoms. The molecular weight excluding hydrogens is 353 g/mol. The summed E-state index contributed by atoms with van der Waals surface area (Å²) >= 11 is 0. The van der Waals surface area contributed by atoms with Gasteiger partial charge < -0.3 is 14.6 Å². The van der Waals surface area contributed by atoms with Crippen LogP contribution in [0.3, 0.4) is 0 Å². The number of amides is 1. The van der Waals surface area contributed by atoms with E-state index in [1.165, 1.54) is 19.2 Å². The first-order valence-corrected chi connectivity index (χ1v) is 8.27. The number of halogens is 3. The van der Waals surface area contributed by atoms with Crippen LogP contribution in [0.1, 0.15) is 18.4 Å². The number of nitrogens with zero attached hydrogens (tertiary/aromatic N) is 1. The maximum Gasteiger partial charge on any atom is 0.472 e. The van der Waals surface area contributed by atoms with Crippen LogP contribution >= 0.6 is 0 Å². The lowest BCUT2D eigenvalue weighted by molar-refractivity contribution is -0.179. The van der Waals surface area contributed by atoms with Gasteiger partial charge in [0.1, 0.15) is 0 Å². The van der Waals surface area contributed by atoms with Crippen LogP contribution in [0.4, 0.5) is 13.2 Å². The van der Waals surface area contributed by atoms with E-state index < -0.39 is 18.2 Å². The number of nitrogens with one attached hydrogen (secondary N) is 1. The van der Waals surface area contributed by atoms with Crippen molar-refractivity contribution in [2.75, 3.05) is 27.3 Å². The number of alkyl halides is 3. The zero-order valence-corrected chi connectivity index (χ0v) is 14.7. The molecule has 0 bridgehead atoms. The van der Waals surface area contributed by atoms with Gasteiger partial charge in [-0.2, -0.15) is 13.2 Å². The smallest absolute Gasteiger partial charge is 0.472 e. The third-order valence-electron chi connectivity index (χ3n) is 4.51. The molecule has 6 nitrogen and oxygen atoms in total. The Bertz CT molecular complexity index is 617. The van der Waals surface area contributed by atoms with Crippen molar-refractivity contribution >= 4 is 5.91 Å². The van der Waals surface area contributed by atoms with Gasteiger partial charge >= 0.3 is 12.1 Å². The van der Waals surface area contributed by atoms with Crippen LogP contribution in [0, 0.1) is 5.92 Å². The van der Waals surface area contributed by atoms with Crippen molar-refractivity contribution in [3.63, 3.8) is 0 Å². The van der Waals surface area contributed by atoms with Crippen molar-refractivity contribution in [3.8, 4) is 11.5 Å². The summed E-state index contributed by atoms with van der Waals surface area (Å²) in [5.74, 6) is -0.923. The van der Waals surface area contributed by atoms with Crippen molar-refractivity contribution in [2.24, 2.45) is 5.92 Å². The third-order valence-corrected chi connectivity index (χ3v) is 4.51. The number of aliphatic hydroxyl groups is 1. The van der Waals surface area contributed by atoms with Crippen LogP contribution in [0.2, 0.25) is 0 Å². The molecule has 1 heterocycles.